The Morgan fingerprint density at radius 1 is 0.872 bits per heavy atom. The highest BCUT2D eigenvalue weighted by Crippen LogP contribution is 2.40. The molecule has 4 aromatic rings. The van der Waals surface area contributed by atoms with E-state index < -0.39 is 42.8 Å². The van der Waals surface area contributed by atoms with Gasteiger partial charge in [-0.15, -0.1) is 0 Å². The number of fused-ring (bicyclic) bond motifs is 2. The molecule has 0 bridgehead atoms. The van der Waals surface area contributed by atoms with Gasteiger partial charge < -0.3 is 9.64 Å². The zero-order valence-corrected chi connectivity index (χ0v) is 28.3. The quantitative estimate of drug-likeness (QED) is 0.298. The molecule has 1 unspecified atom stereocenters. The average Bonchev–Trinajstić information content (AvgIpc) is 3.60. The number of hydrogen-bond acceptors (Lipinski definition) is 8. The van der Waals surface area contributed by atoms with E-state index in [1.54, 1.807) is 23.1 Å². The van der Waals surface area contributed by atoms with Crippen LogP contribution < -0.4 is 5.32 Å². The molecule has 3 aromatic carbocycles. The van der Waals surface area contributed by atoms with Gasteiger partial charge in [-0.2, -0.15) is 4.31 Å². The first-order chi connectivity index (χ1) is 22.5. The number of sulfonamides is 1. The molecule has 0 aliphatic carbocycles. The molecule has 14 heteroatoms. The molecule has 1 amide bonds. The van der Waals surface area contributed by atoms with Crippen molar-refractivity contribution in [2.24, 2.45) is 0 Å². The topological polar surface area (TPSA) is 121 Å². The van der Waals surface area contributed by atoms with Crippen LogP contribution in [0.4, 0.5) is 0 Å². The minimum Gasteiger partial charge on any atom is -0.381 e. The fraction of sp³-hybridized carbons (Fsp3) is 0.364. The summed E-state index contributed by atoms with van der Waals surface area (Å²) in [5.41, 5.74) is -0.143. The second kappa shape index (κ2) is 12.0. The SMILES string of the molecule is COCC12CN(S(=O)(=O)c3cc4cc(Cl)ccc4n3S(=O)(=O)c3ccccc3)CC(=O)N1CC1(CCN(Cc3ccccc3)CC1)N2. The summed E-state index contributed by atoms with van der Waals surface area (Å²) in [5.74, 6) is -0.371. The number of piperazine rings is 1. The van der Waals surface area contributed by atoms with Crippen LogP contribution in [-0.2, 0) is 36.1 Å². The van der Waals surface area contributed by atoms with Crippen molar-refractivity contribution in [1.29, 1.82) is 0 Å². The van der Waals surface area contributed by atoms with E-state index in [-0.39, 0.29) is 29.5 Å². The number of ether oxygens (including phenoxy) is 1. The summed E-state index contributed by atoms with van der Waals surface area (Å²) in [4.78, 5) is 17.9. The number of amides is 1. The molecule has 0 saturated carbocycles. The van der Waals surface area contributed by atoms with Gasteiger partial charge in [0.2, 0.25) is 5.91 Å². The van der Waals surface area contributed by atoms with Crippen LogP contribution in [0.25, 0.3) is 10.9 Å². The number of nitrogens with one attached hydrogen (secondary N) is 1. The predicted molar refractivity (Wildman–Crippen MR) is 178 cm³/mol. The van der Waals surface area contributed by atoms with Crippen LogP contribution in [0.5, 0.6) is 0 Å². The van der Waals surface area contributed by atoms with Gasteiger partial charge in [-0.3, -0.25) is 15.0 Å². The van der Waals surface area contributed by atoms with Gasteiger partial charge in [0.25, 0.3) is 20.0 Å². The Balaban J connectivity index is 1.22. The Kier molecular flexibility index (Phi) is 8.23. The maximum absolute atomic E-state index is 14.6. The van der Waals surface area contributed by atoms with Gasteiger partial charge in [0.15, 0.2) is 5.03 Å². The van der Waals surface area contributed by atoms with Crippen molar-refractivity contribution >= 4 is 48.5 Å². The minimum atomic E-state index is -4.55. The minimum absolute atomic E-state index is 0.0567. The Morgan fingerprint density at radius 3 is 2.23 bits per heavy atom. The molecule has 47 heavy (non-hydrogen) atoms. The third-order valence-corrected chi connectivity index (χ3v) is 13.4. The number of rotatable bonds is 8. The van der Waals surface area contributed by atoms with Crippen LogP contribution in [0.2, 0.25) is 5.02 Å². The Hall–Kier alpha value is -3.30. The van der Waals surface area contributed by atoms with Gasteiger partial charge in [-0.25, -0.2) is 20.8 Å². The maximum atomic E-state index is 14.6. The van der Waals surface area contributed by atoms with Crippen LogP contribution in [0, 0.1) is 0 Å². The smallest absolute Gasteiger partial charge is 0.269 e. The molecule has 3 fully saturated rings. The summed E-state index contributed by atoms with van der Waals surface area (Å²) in [6.07, 6.45) is 1.54. The third kappa shape index (κ3) is 5.67. The Labute approximate surface area is 279 Å². The molecule has 248 valence electrons. The number of likely N-dealkylation sites (tertiary alicyclic amines) is 1. The highest BCUT2D eigenvalue weighted by atomic mass is 35.5. The first-order valence-electron chi connectivity index (χ1n) is 15.4. The molecule has 3 saturated heterocycles. The summed E-state index contributed by atoms with van der Waals surface area (Å²) in [7, 11) is -7.39. The third-order valence-electron chi connectivity index (χ3n) is 9.54. The lowest BCUT2D eigenvalue weighted by atomic mass is 9.88. The van der Waals surface area contributed by atoms with Gasteiger partial charge in [0.1, 0.15) is 5.66 Å². The number of carbonyl (C=O) groups excluding carboxylic acids is 1. The molecule has 1 N–H and O–H groups in total. The van der Waals surface area contributed by atoms with Crippen LogP contribution in [0.1, 0.15) is 18.4 Å². The summed E-state index contributed by atoms with van der Waals surface area (Å²) >= 11 is 6.23. The molecule has 7 rings (SSSR count). The van der Waals surface area contributed by atoms with Crippen molar-refractivity contribution < 1.29 is 26.4 Å². The summed E-state index contributed by atoms with van der Waals surface area (Å²) in [5, 5.41) is 3.90. The van der Waals surface area contributed by atoms with Crippen molar-refractivity contribution in [3.8, 4) is 0 Å². The number of methoxy groups -OCH3 is 1. The van der Waals surface area contributed by atoms with E-state index in [0.29, 0.717) is 17.0 Å². The number of hydrogen-bond donors (Lipinski definition) is 1. The molecule has 4 heterocycles. The summed E-state index contributed by atoms with van der Waals surface area (Å²) in [6, 6.07) is 23.8. The normalized spacial score (nSPS) is 22.3. The highest BCUT2D eigenvalue weighted by Gasteiger charge is 2.59. The second-order valence-corrected chi connectivity index (χ2v) is 16.8. The van der Waals surface area contributed by atoms with Gasteiger partial charge in [-0.1, -0.05) is 60.1 Å². The molecule has 3 aliphatic rings. The predicted octanol–water partition coefficient (Wildman–Crippen LogP) is 3.35. The van der Waals surface area contributed by atoms with E-state index in [0.717, 1.165) is 40.8 Å². The molecule has 1 atom stereocenters. The number of halogens is 1. The van der Waals surface area contributed by atoms with E-state index in [1.807, 2.05) is 18.2 Å². The molecule has 1 aromatic heterocycles. The molecule has 0 radical (unpaired) electrons. The molecular weight excluding hydrogens is 662 g/mol. The Bertz CT molecular complexity index is 2030. The largest absolute Gasteiger partial charge is 0.381 e. The molecular formula is C33H36ClN5O6S2. The summed E-state index contributed by atoms with van der Waals surface area (Å²) in [6.45, 7) is 2.41. The molecule has 1 spiro atoms. The van der Waals surface area contributed by atoms with Crippen molar-refractivity contribution in [3.63, 3.8) is 0 Å². The molecule has 11 nitrogen and oxygen atoms in total. The first kappa shape index (κ1) is 32.3. The zero-order valence-electron chi connectivity index (χ0n) is 25.9. The first-order valence-corrected chi connectivity index (χ1v) is 18.7. The Morgan fingerprint density at radius 2 is 1.55 bits per heavy atom. The van der Waals surface area contributed by atoms with Crippen molar-refractivity contribution in [1.82, 2.24) is 23.4 Å². The fourth-order valence-electron chi connectivity index (χ4n) is 7.32. The fourth-order valence-corrected chi connectivity index (χ4v) is 11.0. The van der Waals surface area contributed by atoms with Crippen LogP contribution in [0.15, 0.2) is 94.9 Å². The summed E-state index contributed by atoms with van der Waals surface area (Å²) < 4.78 is 64.8. The van der Waals surface area contributed by atoms with Crippen LogP contribution in [0.3, 0.4) is 0 Å². The standard InChI is InChI=1S/C33H36ClN5O6S2/c1-45-24-33-23-37(21-30(40)38(33)22-32(35-33)14-16-36(17-15-32)20-25-8-4-2-5-9-25)47(43,44)31-19-26-18-27(34)12-13-29(26)39(31)46(41,42)28-10-6-3-7-11-28/h2-13,18-19,35H,14-17,20-24H2,1H3. The van der Waals surface area contributed by atoms with Crippen LogP contribution in [-0.4, -0.2) is 98.5 Å². The van der Waals surface area contributed by atoms with E-state index >= 15 is 0 Å². The average molecular weight is 698 g/mol. The van der Waals surface area contributed by atoms with E-state index in [4.69, 9.17) is 16.3 Å². The van der Waals surface area contributed by atoms with Gasteiger partial charge >= 0.3 is 0 Å². The number of nitrogens with zero attached hydrogens (tertiary/aromatic N) is 4. The lowest BCUT2D eigenvalue weighted by Gasteiger charge is -2.45. The van der Waals surface area contributed by atoms with Crippen LogP contribution >= 0.6 is 11.6 Å². The van der Waals surface area contributed by atoms with Crippen molar-refractivity contribution in [2.45, 2.75) is 40.5 Å². The zero-order chi connectivity index (χ0) is 33.0. The number of carbonyl (C=O) groups is 1. The van der Waals surface area contributed by atoms with Gasteiger partial charge in [0.05, 0.1) is 30.1 Å². The number of aromatic nitrogens is 1. The highest BCUT2D eigenvalue weighted by molar-refractivity contribution is 7.92. The van der Waals surface area contributed by atoms with E-state index in [2.05, 4.69) is 22.3 Å². The van der Waals surface area contributed by atoms with Crippen molar-refractivity contribution in [3.05, 3.63) is 95.5 Å². The van der Waals surface area contributed by atoms with E-state index in [9.17, 15) is 21.6 Å². The maximum Gasteiger partial charge on any atom is 0.269 e. The molecule has 3 aliphatic heterocycles. The number of piperidine rings is 1. The van der Waals surface area contributed by atoms with Crippen molar-refractivity contribution in [2.75, 3.05) is 46.4 Å². The monoisotopic (exact) mass is 697 g/mol. The van der Waals surface area contributed by atoms with E-state index in [1.165, 1.54) is 49.1 Å². The lowest BCUT2D eigenvalue weighted by molar-refractivity contribution is -0.144. The lowest BCUT2D eigenvalue weighted by Crippen LogP contribution is -2.70. The number of benzene rings is 3. The second-order valence-electron chi connectivity index (χ2n) is 12.7. The van der Waals surface area contributed by atoms with Gasteiger partial charge in [0, 0.05) is 49.2 Å². The van der Waals surface area contributed by atoms with Gasteiger partial charge in [-0.05, 0) is 54.8 Å².